The molecule has 0 radical (unpaired) electrons. The Kier molecular flexibility index (Phi) is 5.44. The number of ether oxygens (including phenoxy) is 1. The van der Waals surface area contributed by atoms with E-state index in [0.717, 1.165) is 10.6 Å². The molecule has 9 nitrogen and oxygen atoms in total. The lowest BCUT2D eigenvalue weighted by Crippen LogP contribution is -2.32. The highest BCUT2D eigenvalue weighted by Gasteiger charge is 2.26. The average molecular weight is 423 g/mol. The Bertz CT molecular complexity index is 1170. The molecule has 0 fully saturated rings. The van der Waals surface area contributed by atoms with Crippen LogP contribution in [0.2, 0.25) is 0 Å². The number of aliphatic hydroxyl groups is 1. The lowest BCUT2D eigenvalue weighted by atomic mass is 10.1. The number of methoxy groups -OCH3 is 1. The summed E-state index contributed by atoms with van der Waals surface area (Å²) in [6, 6.07) is 6.45. The maximum Gasteiger partial charge on any atom is 0.342 e. The largest absolute Gasteiger partial charge is 0.506 e. The minimum atomic E-state index is -3.81. The molecule has 2 heterocycles. The Morgan fingerprint density at radius 1 is 1.31 bits per heavy atom. The monoisotopic (exact) mass is 423 g/mol. The van der Waals surface area contributed by atoms with E-state index < -0.39 is 34.2 Å². The van der Waals surface area contributed by atoms with Crippen LogP contribution in [0, 0.1) is 5.82 Å². The first-order chi connectivity index (χ1) is 13.7. The molecule has 154 valence electrons. The highest BCUT2D eigenvalue weighted by Crippen LogP contribution is 2.34. The maximum absolute atomic E-state index is 13.3. The molecular weight excluding hydrogens is 405 g/mol. The van der Waals surface area contributed by atoms with Crippen molar-refractivity contribution in [2.24, 2.45) is 0 Å². The smallest absolute Gasteiger partial charge is 0.342 e. The summed E-state index contributed by atoms with van der Waals surface area (Å²) in [4.78, 5) is 12.4. The molecule has 11 heteroatoms. The predicted octanol–water partition coefficient (Wildman–Crippen LogP) is 1.39. The van der Waals surface area contributed by atoms with Gasteiger partial charge in [0.05, 0.1) is 38.2 Å². The van der Waals surface area contributed by atoms with Gasteiger partial charge in [0.25, 0.3) is 0 Å². The number of rotatable bonds is 6. The van der Waals surface area contributed by atoms with E-state index >= 15 is 0 Å². The number of esters is 1. The SMILES string of the molecule is COC(=O)c1c(-c2ccc(F)cc2)nn2cc(N(CCO)S(C)(=O)=O)c(O)cc12. The number of carbonyl (C=O) groups is 1. The Labute approximate surface area is 165 Å². The highest BCUT2D eigenvalue weighted by molar-refractivity contribution is 7.92. The molecule has 0 atom stereocenters. The van der Waals surface area contributed by atoms with Crippen molar-refractivity contribution >= 4 is 27.2 Å². The van der Waals surface area contributed by atoms with Crippen LogP contribution >= 0.6 is 0 Å². The molecule has 2 aromatic heterocycles. The van der Waals surface area contributed by atoms with Gasteiger partial charge in [0.1, 0.15) is 28.5 Å². The molecule has 0 amide bonds. The van der Waals surface area contributed by atoms with Crippen molar-refractivity contribution in [1.82, 2.24) is 9.61 Å². The molecule has 0 saturated carbocycles. The van der Waals surface area contributed by atoms with E-state index in [1.54, 1.807) is 0 Å². The first kappa shape index (κ1) is 20.6. The van der Waals surface area contributed by atoms with E-state index in [1.165, 1.54) is 48.2 Å². The lowest BCUT2D eigenvalue weighted by Gasteiger charge is -2.22. The van der Waals surface area contributed by atoms with Crippen LogP contribution in [0.15, 0.2) is 36.5 Å². The van der Waals surface area contributed by atoms with Crippen LogP contribution in [-0.4, -0.2) is 60.7 Å². The third-order valence-corrected chi connectivity index (χ3v) is 5.39. The lowest BCUT2D eigenvalue weighted by molar-refractivity contribution is 0.0604. The Hall–Kier alpha value is -3.18. The molecule has 3 aromatic rings. The van der Waals surface area contributed by atoms with Crippen LogP contribution in [0.1, 0.15) is 10.4 Å². The molecular formula is C18H18FN3O6S. The second kappa shape index (κ2) is 7.68. The van der Waals surface area contributed by atoms with Crippen molar-refractivity contribution in [3.05, 3.63) is 47.9 Å². The fourth-order valence-corrected chi connectivity index (χ4v) is 3.84. The molecule has 29 heavy (non-hydrogen) atoms. The molecule has 0 aliphatic rings. The summed E-state index contributed by atoms with van der Waals surface area (Å²) in [6.07, 6.45) is 2.15. The number of hydrogen-bond donors (Lipinski definition) is 2. The van der Waals surface area contributed by atoms with E-state index in [1.807, 2.05) is 0 Å². The van der Waals surface area contributed by atoms with Gasteiger partial charge in [0.15, 0.2) is 0 Å². The first-order valence-electron chi connectivity index (χ1n) is 8.35. The Morgan fingerprint density at radius 3 is 2.52 bits per heavy atom. The minimum absolute atomic E-state index is 0.0222. The molecule has 3 rings (SSSR count). The van der Waals surface area contributed by atoms with Gasteiger partial charge < -0.3 is 14.9 Å². The summed E-state index contributed by atoms with van der Waals surface area (Å²) >= 11 is 0. The standard InChI is InChI=1S/C18H18FN3O6S/c1-28-18(25)16-13-9-15(24)14(22(7-8-23)29(2,26)27)10-21(13)20-17(16)11-3-5-12(19)6-4-11/h3-6,9-10,23-24H,7-8H2,1-2H3. The number of aromatic nitrogens is 2. The number of benzene rings is 1. The van der Waals surface area contributed by atoms with Crippen molar-refractivity contribution in [3.8, 4) is 17.0 Å². The number of aliphatic hydroxyl groups excluding tert-OH is 1. The first-order valence-corrected chi connectivity index (χ1v) is 10.2. The quantitative estimate of drug-likeness (QED) is 0.575. The fourth-order valence-electron chi connectivity index (χ4n) is 2.93. The summed E-state index contributed by atoms with van der Waals surface area (Å²) in [5.74, 6) is -1.64. The van der Waals surface area contributed by atoms with Crippen LogP contribution in [0.3, 0.4) is 0 Å². The number of anilines is 1. The highest BCUT2D eigenvalue weighted by atomic mass is 32.2. The van der Waals surface area contributed by atoms with E-state index in [2.05, 4.69) is 5.10 Å². The predicted molar refractivity (Wildman–Crippen MR) is 103 cm³/mol. The zero-order chi connectivity index (χ0) is 21.3. The van der Waals surface area contributed by atoms with E-state index in [4.69, 9.17) is 4.74 Å². The molecule has 0 spiro atoms. The zero-order valence-corrected chi connectivity index (χ0v) is 16.4. The number of pyridine rings is 1. The van der Waals surface area contributed by atoms with Crippen LogP contribution in [0.4, 0.5) is 10.1 Å². The number of halogens is 1. The van der Waals surface area contributed by atoms with Gasteiger partial charge in [-0.25, -0.2) is 22.1 Å². The van der Waals surface area contributed by atoms with E-state index in [0.29, 0.717) is 5.56 Å². The fraction of sp³-hybridized carbons (Fsp3) is 0.222. The summed E-state index contributed by atoms with van der Waals surface area (Å²) in [5, 5.41) is 23.9. The Morgan fingerprint density at radius 2 is 1.97 bits per heavy atom. The van der Waals surface area contributed by atoms with Gasteiger partial charge in [-0.3, -0.25) is 4.31 Å². The minimum Gasteiger partial charge on any atom is -0.506 e. The van der Waals surface area contributed by atoms with Crippen LogP contribution in [-0.2, 0) is 14.8 Å². The van der Waals surface area contributed by atoms with Gasteiger partial charge in [-0.05, 0) is 24.3 Å². The summed E-state index contributed by atoms with van der Waals surface area (Å²) < 4.78 is 44.2. The van der Waals surface area contributed by atoms with Crippen LogP contribution < -0.4 is 4.31 Å². The number of hydrogen-bond acceptors (Lipinski definition) is 7. The number of carbonyl (C=O) groups excluding carboxylic acids is 1. The molecule has 1 aromatic carbocycles. The summed E-state index contributed by atoms with van der Waals surface area (Å²) in [7, 11) is -2.63. The van der Waals surface area contributed by atoms with Crippen molar-refractivity contribution in [2.75, 3.05) is 30.8 Å². The summed E-state index contributed by atoms with van der Waals surface area (Å²) in [6.45, 7) is -0.758. The van der Waals surface area contributed by atoms with Crippen molar-refractivity contribution in [2.45, 2.75) is 0 Å². The second-order valence-electron chi connectivity index (χ2n) is 6.15. The van der Waals surface area contributed by atoms with Gasteiger partial charge in [-0.2, -0.15) is 5.10 Å². The maximum atomic E-state index is 13.3. The third kappa shape index (κ3) is 3.87. The summed E-state index contributed by atoms with van der Waals surface area (Å²) in [5.41, 5.74) is 0.649. The van der Waals surface area contributed by atoms with Crippen LogP contribution in [0.5, 0.6) is 5.75 Å². The van der Waals surface area contributed by atoms with Gasteiger partial charge in [0, 0.05) is 11.6 Å². The van der Waals surface area contributed by atoms with Gasteiger partial charge in [-0.15, -0.1) is 0 Å². The van der Waals surface area contributed by atoms with Crippen LogP contribution in [0.25, 0.3) is 16.8 Å². The normalized spacial score (nSPS) is 11.6. The average Bonchev–Trinajstić information content (AvgIpc) is 3.03. The second-order valence-corrected chi connectivity index (χ2v) is 8.06. The number of nitrogens with zero attached hydrogens (tertiary/aromatic N) is 3. The van der Waals surface area contributed by atoms with E-state index in [-0.39, 0.29) is 29.0 Å². The van der Waals surface area contributed by atoms with E-state index in [9.17, 15) is 27.8 Å². The number of aromatic hydroxyl groups is 1. The Balaban J connectivity index is 2.29. The van der Waals surface area contributed by atoms with Crippen molar-refractivity contribution in [1.29, 1.82) is 0 Å². The zero-order valence-electron chi connectivity index (χ0n) is 15.5. The van der Waals surface area contributed by atoms with Crippen molar-refractivity contribution in [3.63, 3.8) is 0 Å². The van der Waals surface area contributed by atoms with Gasteiger partial charge >= 0.3 is 5.97 Å². The molecule has 0 saturated heterocycles. The van der Waals surface area contributed by atoms with Crippen molar-refractivity contribution < 1.29 is 32.6 Å². The molecule has 0 aliphatic heterocycles. The van der Waals surface area contributed by atoms with Gasteiger partial charge in [0.2, 0.25) is 10.0 Å². The van der Waals surface area contributed by atoms with Gasteiger partial charge in [-0.1, -0.05) is 0 Å². The molecule has 0 unspecified atom stereocenters. The third-order valence-electron chi connectivity index (χ3n) is 4.21. The molecule has 0 bridgehead atoms. The molecule has 0 aliphatic carbocycles. The number of fused-ring (bicyclic) bond motifs is 1. The number of sulfonamides is 1. The topological polar surface area (TPSA) is 121 Å². The molecule has 2 N–H and O–H groups in total.